The van der Waals surface area contributed by atoms with E-state index in [1.54, 1.807) is 12.1 Å². The molecule has 17 heavy (non-hydrogen) atoms. The Bertz CT molecular complexity index is 612. The van der Waals surface area contributed by atoms with Crippen molar-refractivity contribution in [3.8, 4) is 11.5 Å². The average molecular weight is 262 g/mol. The van der Waals surface area contributed by atoms with Gasteiger partial charge in [0.2, 0.25) is 0 Å². The van der Waals surface area contributed by atoms with Crippen LogP contribution in [0.1, 0.15) is 5.56 Å². The quantitative estimate of drug-likeness (QED) is 0.717. The SMILES string of the molecule is S=C1Nc2cc(Cl)ccc2Oc2ccccc21. The molecule has 2 nitrogen and oxygen atoms in total. The van der Waals surface area contributed by atoms with Crippen LogP contribution < -0.4 is 10.1 Å². The maximum Gasteiger partial charge on any atom is 0.151 e. The second-order valence-electron chi connectivity index (χ2n) is 3.69. The van der Waals surface area contributed by atoms with Gasteiger partial charge in [-0.3, -0.25) is 0 Å². The number of para-hydroxylation sites is 1. The molecule has 4 heteroatoms. The minimum Gasteiger partial charge on any atom is -0.454 e. The van der Waals surface area contributed by atoms with E-state index in [0.29, 0.717) is 10.0 Å². The number of nitrogens with one attached hydrogen (secondary N) is 1. The summed E-state index contributed by atoms with van der Waals surface area (Å²) < 4.78 is 5.82. The summed E-state index contributed by atoms with van der Waals surface area (Å²) in [4.78, 5) is 0.640. The highest BCUT2D eigenvalue weighted by Gasteiger charge is 2.17. The first-order valence-electron chi connectivity index (χ1n) is 5.12. The van der Waals surface area contributed by atoms with E-state index in [0.717, 1.165) is 22.7 Å². The van der Waals surface area contributed by atoms with Gasteiger partial charge in [-0.05, 0) is 30.3 Å². The van der Waals surface area contributed by atoms with Gasteiger partial charge in [-0.15, -0.1) is 0 Å². The van der Waals surface area contributed by atoms with E-state index in [1.807, 2.05) is 30.3 Å². The van der Waals surface area contributed by atoms with Crippen LogP contribution in [-0.4, -0.2) is 4.99 Å². The lowest BCUT2D eigenvalue weighted by molar-refractivity contribution is 0.486. The largest absolute Gasteiger partial charge is 0.454 e. The fourth-order valence-corrected chi connectivity index (χ4v) is 2.19. The van der Waals surface area contributed by atoms with Gasteiger partial charge in [-0.25, -0.2) is 0 Å². The minimum absolute atomic E-state index is 0.640. The summed E-state index contributed by atoms with van der Waals surface area (Å²) in [5, 5.41) is 3.79. The van der Waals surface area contributed by atoms with Gasteiger partial charge in [0.1, 0.15) is 10.7 Å². The Kier molecular flexibility index (Phi) is 2.50. The summed E-state index contributed by atoms with van der Waals surface area (Å²) in [5.41, 5.74) is 1.67. The number of rotatable bonds is 0. The van der Waals surface area contributed by atoms with E-state index in [4.69, 9.17) is 28.6 Å². The first-order valence-corrected chi connectivity index (χ1v) is 5.90. The lowest BCUT2D eigenvalue weighted by atomic mass is 10.2. The van der Waals surface area contributed by atoms with Crippen molar-refractivity contribution in [2.75, 3.05) is 5.32 Å². The van der Waals surface area contributed by atoms with Gasteiger partial charge in [0, 0.05) is 5.02 Å². The molecular formula is C13H8ClNOS. The molecular weight excluding hydrogens is 254 g/mol. The highest BCUT2D eigenvalue weighted by Crippen LogP contribution is 2.36. The first-order chi connectivity index (χ1) is 8.24. The van der Waals surface area contributed by atoms with Crippen LogP contribution >= 0.6 is 23.8 Å². The van der Waals surface area contributed by atoms with Gasteiger partial charge in [-0.2, -0.15) is 0 Å². The van der Waals surface area contributed by atoms with Crippen LogP contribution in [-0.2, 0) is 0 Å². The van der Waals surface area contributed by atoms with Crippen molar-refractivity contribution in [1.82, 2.24) is 0 Å². The molecule has 0 saturated heterocycles. The van der Waals surface area contributed by atoms with Crippen LogP contribution in [0.4, 0.5) is 5.69 Å². The molecule has 84 valence electrons. The predicted octanol–water partition coefficient (Wildman–Crippen LogP) is 4.23. The zero-order valence-electron chi connectivity index (χ0n) is 8.74. The molecule has 1 N–H and O–H groups in total. The second kappa shape index (κ2) is 4.02. The first kappa shape index (κ1) is 10.6. The van der Waals surface area contributed by atoms with E-state index >= 15 is 0 Å². The van der Waals surface area contributed by atoms with Crippen LogP contribution in [0.25, 0.3) is 0 Å². The van der Waals surface area contributed by atoms with E-state index in [9.17, 15) is 0 Å². The number of thiocarbonyl (C=S) groups is 1. The Morgan fingerprint density at radius 3 is 2.76 bits per heavy atom. The highest BCUT2D eigenvalue weighted by atomic mass is 35.5. The Morgan fingerprint density at radius 2 is 1.88 bits per heavy atom. The third kappa shape index (κ3) is 1.88. The van der Waals surface area contributed by atoms with Gasteiger partial charge < -0.3 is 10.1 Å². The van der Waals surface area contributed by atoms with Crippen LogP contribution in [0.5, 0.6) is 11.5 Å². The maximum absolute atomic E-state index is 5.95. The number of benzene rings is 2. The molecule has 0 aliphatic carbocycles. The van der Waals surface area contributed by atoms with Crippen molar-refractivity contribution < 1.29 is 4.74 Å². The summed E-state index contributed by atoms with van der Waals surface area (Å²) in [6.07, 6.45) is 0. The standard InChI is InChI=1S/C13H8ClNOS/c14-8-5-6-12-10(7-8)15-13(17)9-3-1-2-4-11(9)16-12/h1-7H,(H,15,17). The lowest BCUT2D eigenvalue weighted by Gasteiger charge is -2.07. The Labute approximate surface area is 109 Å². The minimum atomic E-state index is 0.640. The van der Waals surface area contributed by atoms with Crippen molar-refractivity contribution >= 4 is 34.5 Å². The van der Waals surface area contributed by atoms with E-state index < -0.39 is 0 Å². The molecule has 2 aromatic rings. The molecule has 0 fully saturated rings. The number of ether oxygens (including phenoxy) is 1. The van der Waals surface area contributed by atoms with Gasteiger partial charge in [0.05, 0.1) is 11.3 Å². The molecule has 0 radical (unpaired) electrons. The van der Waals surface area contributed by atoms with Crippen molar-refractivity contribution in [2.24, 2.45) is 0 Å². The van der Waals surface area contributed by atoms with Crippen molar-refractivity contribution in [2.45, 2.75) is 0 Å². The summed E-state index contributed by atoms with van der Waals surface area (Å²) in [6.45, 7) is 0. The van der Waals surface area contributed by atoms with Crippen molar-refractivity contribution in [1.29, 1.82) is 0 Å². The average Bonchev–Trinajstić information content (AvgIpc) is 2.46. The third-order valence-corrected chi connectivity index (χ3v) is 3.10. The number of anilines is 1. The van der Waals surface area contributed by atoms with Crippen LogP contribution in [0.2, 0.25) is 5.02 Å². The summed E-state index contributed by atoms with van der Waals surface area (Å²) in [7, 11) is 0. The van der Waals surface area contributed by atoms with E-state index in [2.05, 4.69) is 5.32 Å². The van der Waals surface area contributed by atoms with Gasteiger partial charge in [0.15, 0.2) is 5.75 Å². The fraction of sp³-hybridized carbons (Fsp3) is 0. The molecule has 3 rings (SSSR count). The molecule has 2 aromatic carbocycles. The smallest absolute Gasteiger partial charge is 0.151 e. The number of hydrogen-bond acceptors (Lipinski definition) is 2. The second-order valence-corrected chi connectivity index (χ2v) is 4.54. The van der Waals surface area contributed by atoms with Gasteiger partial charge >= 0.3 is 0 Å². The van der Waals surface area contributed by atoms with Crippen molar-refractivity contribution in [3.05, 3.63) is 53.1 Å². The third-order valence-electron chi connectivity index (χ3n) is 2.54. The van der Waals surface area contributed by atoms with Crippen LogP contribution in [0.3, 0.4) is 0 Å². The molecule has 1 heterocycles. The summed E-state index contributed by atoms with van der Waals surface area (Å²) in [6, 6.07) is 13.1. The zero-order valence-corrected chi connectivity index (χ0v) is 10.3. The highest BCUT2D eigenvalue weighted by molar-refractivity contribution is 7.81. The molecule has 0 aromatic heterocycles. The van der Waals surface area contributed by atoms with Crippen LogP contribution in [0, 0.1) is 0 Å². The lowest BCUT2D eigenvalue weighted by Crippen LogP contribution is -2.08. The molecule has 1 aliphatic rings. The molecule has 0 saturated carbocycles. The molecule has 1 aliphatic heterocycles. The molecule has 0 amide bonds. The molecule has 0 bridgehead atoms. The van der Waals surface area contributed by atoms with Crippen LogP contribution in [0.15, 0.2) is 42.5 Å². The van der Waals surface area contributed by atoms with Gasteiger partial charge in [0.25, 0.3) is 0 Å². The van der Waals surface area contributed by atoms with E-state index in [1.165, 1.54) is 0 Å². The maximum atomic E-state index is 5.95. The molecule has 0 unspecified atom stereocenters. The Balaban J connectivity index is 2.17. The Hall–Kier alpha value is -1.58. The zero-order chi connectivity index (χ0) is 11.8. The molecule has 0 atom stereocenters. The van der Waals surface area contributed by atoms with Crippen molar-refractivity contribution in [3.63, 3.8) is 0 Å². The monoisotopic (exact) mass is 261 g/mol. The number of hydrogen-bond donors (Lipinski definition) is 1. The summed E-state index contributed by atoms with van der Waals surface area (Å²) >= 11 is 11.3. The summed E-state index contributed by atoms with van der Waals surface area (Å²) in [5.74, 6) is 1.48. The topological polar surface area (TPSA) is 21.3 Å². The fourth-order valence-electron chi connectivity index (χ4n) is 1.74. The van der Waals surface area contributed by atoms with E-state index in [-0.39, 0.29) is 0 Å². The number of fused-ring (bicyclic) bond motifs is 2. The van der Waals surface area contributed by atoms with Gasteiger partial charge in [-0.1, -0.05) is 36.0 Å². The molecule has 0 spiro atoms. The normalized spacial score (nSPS) is 12.9. The predicted molar refractivity (Wildman–Crippen MR) is 73.3 cm³/mol. The number of halogens is 1. The Morgan fingerprint density at radius 1 is 1.06 bits per heavy atom.